The summed E-state index contributed by atoms with van der Waals surface area (Å²) in [6, 6.07) is 6.81. The van der Waals surface area contributed by atoms with Gasteiger partial charge in [-0.15, -0.1) is 0 Å². The Kier molecular flexibility index (Phi) is 2.74. The van der Waals surface area contributed by atoms with E-state index in [2.05, 4.69) is 43.2 Å². The topological polar surface area (TPSA) is 24.9 Å². The Hall–Kier alpha value is -0.890. The number of hydrogen-bond donors (Lipinski definition) is 1. The number of aromatic nitrogens is 1. The molecule has 2 aliphatic rings. The maximum Gasteiger partial charge on any atom is 0.0541 e. The van der Waals surface area contributed by atoms with Crippen molar-refractivity contribution in [3.05, 3.63) is 30.1 Å². The van der Waals surface area contributed by atoms with Gasteiger partial charge in [-0.25, -0.2) is 0 Å². The standard InChI is InChI=1S/C16H24N2/c1-15(2)12-7-8-16(15,3)14(10-12)18-11-13-6-4-5-9-17-13/h4-6,9,12,14,18H,7-8,10-11H2,1-3H3/t12?,14-,16?/m1/s1. The molecule has 0 saturated heterocycles. The van der Waals surface area contributed by atoms with E-state index in [9.17, 15) is 0 Å². The Morgan fingerprint density at radius 2 is 2.17 bits per heavy atom. The lowest BCUT2D eigenvalue weighted by Gasteiger charge is -2.39. The lowest BCUT2D eigenvalue weighted by Crippen LogP contribution is -2.44. The van der Waals surface area contributed by atoms with Gasteiger partial charge in [0.1, 0.15) is 0 Å². The van der Waals surface area contributed by atoms with Crippen LogP contribution in [0.25, 0.3) is 0 Å². The van der Waals surface area contributed by atoms with Crippen LogP contribution in [0.15, 0.2) is 24.4 Å². The monoisotopic (exact) mass is 244 g/mol. The van der Waals surface area contributed by atoms with Crippen molar-refractivity contribution >= 4 is 0 Å². The molecule has 3 atom stereocenters. The minimum atomic E-state index is 0.465. The fraction of sp³-hybridized carbons (Fsp3) is 0.688. The van der Waals surface area contributed by atoms with Crippen molar-refractivity contribution in [3.63, 3.8) is 0 Å². The maximum absolute atomic E-state index is 4.40. The summed E-state index contributed by atoms with van der Waals surface area (Å²) < 4.78 is 0. The van der Waals surface area contributed by atoms with Gasteiger partial charge in [-0.05, 0) is 48.1 Å². The van der Waals surface area contributed by atoms with Crippen molar-refractivity contribution in [2.75, 3.05) is 0 Å². The number of rotatable bonds is 3. The summed E-state index contributed by atoms with van der Waals surface area (Å²) in [6.45, 7) is 8.32. The molecule has 18 heavy (non-hydrogen) atoms. The smallest absolute Gasteiger partial charge is 0.0541 e. The number of nitrogens with one attached hydrogen (secondary N) is 1. The van der Waals surface area contributed by atoms with Crippen LogP contribution in [-0.4, -0.2) is 11.0 Å². The van der Waals surface area contributed by atoms with E-state index in [4.69, 9.17) is 0 Å². The van der Waals surface area contributed by atoms with Gasteiger partial charge in [-0.2, -0.15) is 0 Å². The Balaban J connectivity index is 1.69. The quantitative estimate of drug-likeness (QED) is 0.881. The molecule has 2 nitrogen and oxygen atoms in total. The molecule has 1 heterocycles. The summed E-state index contributed by atoms with van der Waals surface area (Å²) >= 11 is 0. The van der Waals surface area contributed by atoms with E-state index in [1.165, 1.54) is 19.3 Å². The molecule has 0 radical (unpaired) electrons. The molecule has 98 valence electrons. The highest BCUT2D eigenvalue weighted by Crippen LogP contribution is 2.65. The summed E-state index contributed by atoms with van der Waals surface area (Å²) in [7, 11) is 0. The molecule has 0 spiro atoms. The molecule has 0 amide bonds. The SMILES string of the molecule is CC1(C)C2CCC1(C)[C@H](NCc1ccccn1)C2. The third-order valence-corrected chi connectivity index (χ3v) is 6.05. The van der Waals surface area contributed by atoms with Gasteiger partial charge in [0.2, 0.25) is 0 Å². The van der Waals surface area contributed by atoms with Crippen LogP contribution in [0.3, 0.4) is 0 Å². The Morgan fingerprint density at radius 1 is 1.33 bits per heavy atom. The van der Waals surface area contributed by atoms with E-state index in [0.29, 0.717) is 16.9 Å². The second-order valence-electron chi connectivity index (χ2n) is 6.87. The summed E-state index contributed by atoms with van der Waals surface area (Å²) in [5.41, 5.74) is 2.11. The summed E-state index contributed by atoms with van der Waals surface area (Å²) in [4.78, 5) is 4.40. The lowest BCUT2D eigenvalue weighted by atomic mass is 9.69. The predicted octanol–water partition coefficient (Wildman–Crippen LogP) is 3.39. The van der Waals surface area contributed by atoms with Gasteiger partial charge in [-0.1, -0.05) is 26.8 Å². The normalized spacial score (nSPS) is 37.1. The van der Waals surface area contributed by atoms with E-state index >= 15 is 0 Å². The molecule has 0 aliphatic heterocycles. The second-order valence-corrected chi connectivity index (χ2v) is 6.87. The van der Waals surface area contributed by atoms with Gasteiger partial charge in [0.05, 0.1) is 5.69 Å². The third kappa shape index (κ3) is 1.62. The molecule has 1 aromatic rings. The molecule has 2 unspecified atom stereocenters. The first-order valence-electron chi connectivity index (χ1n) is 7.17. The van der Waals surface area contributed by atoms with Crippen molar-refractivity contribution in [2.24, 2.45) is 16.7 Å². The average molecular weight is 244 g/mol. The molecule has 2 bridgehead atoms. The van der Waals surface area contributed by atoms with E-state index in [-0.39, 0.29) is 0 Å². The summed E-state index contributed by atoms with van der Waals surface area (Å²) in [6.07, 6.45) is 6.02. The van der Waals surface area contributed by atoms with E-state index < -0.39 is 0 Å². The molecule has 0 aromatic carbocycles. The van der Waals surface area contributed by atoms with Crippen LogP contribution < -0.4 is 5.32 Å². The largest absolute Gasteiger partial charge is 0.308 e. The first kappa shape index (κ1) is 12.2. The van der Waals surface area contributed by atoms with Crippen molar-refractivity contribution in [3.8, 4) is 0 Å². The lowest BCUT2D eigenvalue weighted by molar-refractivity contribution is 0.120. The molecule has 2 heteroatoms. The number of hydrogen-bond acceptors (Lipinski definition) is 2. The molecule has 2 fully saturated rings. The summed E-state index contributed by atoms with van der Waals surface area (Å²) in [5.74, 6) is 0.906. The number of nitrogens with zero attached hydrogens (tertiary/aromatic N) is 1. The van der Waals surface area contributed by atoms with Crippen LogP contribution in [0.4, 0.5) is 0 Å². The van der Waals surface area contributed by atoms with Crippen LogP contribution >= 0.6 is 0 Å². The Bertz CT molecular complexity index is 426. The average Bonchev–Trinajstić information content (AvgIpc) is 2.70. The van der Waals surface area contributed by atoms with Gasteiger partial charge < -0.3 is 5.32 Å². The van der Waals surface area contributed by atoms with Gasteiger partial charge in [0.15, 0.2) is 0 Å². The van der Waals surface area contributed by atoms with Crippen molar-refractivity contribution in [1.29, 1.82) is 0 Å². The molecular weight excluding hydrogens is 220 g/mol. The van der Waals surface area contributed by atoms with Gasteiger partial charge in [0, 0.05) is 18.8 Å². The first-order valence-corrected chi connectivity index (χ1v) is 7.17. The highest BCUT2D eigenvalue weighted by Gasteiger charge is 2.60. The fourth-order valence-electron chi connectivity index (χ4n) is 4.24. The first-order chi connectivity index (χ1) is 8.54. The predicted molar refractivity (Wildman–Crippen MR) is 74.1 cm³/mol. The Morgan fingerprint density at radius 3 is 2.72 bits per heavy atom. The zero-order valence-electron chi connectivity index (χ0n) is 11.7. The zero-order valence-corrected chi connectivity index (χ0v) is 11.7. The van der Waals surface area contributed by atoms with Crippen LogP contribution in [0, 0.1) is 16.7 Å². The minimum absolute atomic E-state index is 0.465. The minimum Gasteiger partial charge on any atom is -0.308 e. The van der Waals surface area contributed by atoms with Crippen molar-refractivity contribution < 1.29 is 0 Å². The van der Waals surface area contributed by atoms with Crippen LogP contribution in [0.2, 0.25) is 0 Å². The second kappa shape index (κ2) is 4.06. The molecule has 1 N–H and O–H groups in total. The van der Waals surface area contributed by atoms with Crippen molar-refractivity contribution in [2.45, 2.75) is 52.6 Å². The molecule has 2 saturated carbocycles. The summed E-state index contributed by atoms with van der Waals surface area (Å²) in [5, 5.41) is 3.76. The van der Waals surface area contributed by atoms with Gasteiger partial charge in [0.25, 0.3) is 0 Å². The van der Waals surface area contributed by atoms with Crippen molar-refractivity contribution in [1.82, 2.24) is 10.3 Å². The highest BCUT2D eigenvalue weighted by molar-refractivity contribution is 5.13. The highest BCUT2D eigenvalue weighted by atomic mass is 15.0. The van der Waals surface area contributed by atoms with Gasteiger partial charge in [-0.3, -0.25) is 4.98 Å². The van der Waals surface area contributed by atoms with Crippen LogP contribution in [0.5, 0.6) is 0 Å². The molecular formula is C16H24N2. The number of fused-ring (bicyclic) bond motifs is 2. The van der Waals surface area contributed by atoms with E-state index in [1.807, 2.05) is 12.3 Å². The Labute approximate surface area is 110 Å². The zero-order chi connectivity index (χ0) is 12.8. The van der Waals surface area contributed by atoms with E-state index in [0.717, 1.165) is 18.2 Å². The molecule has 3 rings (SSSR count). The number of pyridine rings is 1. The van der Waals surface area contributed by atoms with E-state index in [1.54, 1.807) is 0 Å². The maximum atomic E-state index is 4.40. The molecule has 1 aromatic heterocycles. The third-order valence-electron chi connectivity index (χ3n) is 6.05. The van der Waals surface area contributed by atoms with Gasteiger partial charge >= 0.3 is 0 Å². The fourth-order valence-corrected chi connectivity index (χ4v) is 4.24. The van der Waals surface area contributed by atoms with Crippen LogP contribution in [-0.2, 0) is 6.54 Å². The molecule has 2 aliphatic carbocycles. The van der Waals surface area contributed by atoms with Crippen LogP contribution in [0.1, 0.15) is 45.7 Å².